The Labute approximate surface area is 225 Å². The van der Waals surface area contributed by atoms with Crippen LogP contribution in [0.2, 0.25) is 0 Å². The molecule has 198 valence electrons. The summed E-state index contributed by atoms with van der Waals surface area (Å²) in [5.74, 6) is 3.16. The summed E-state index contributed by atoms with van der Waals surface area (Å²) in [4.78, 5) is 23.6. The first kappa shape index (κ1) is 24.0. The first-order valence-corrected chi connectivity index (χ1v) is 14.6. The Morgan fingerprint density at radius 2 is 1.95 bits per heavy atom. The van der Waals surface area contributed by atoms with Crippen molar-refractivity contribution >= 4 is 11.6 Å². The molecule has 0 radical (unpaired) electrons. The van der Waals surface area contributed by atoms with E-state index in [1.807, 2.05) is 16.5 Å². The summed E-state index contributed by atoms with van der Waals surface area (Å²) in [7, 11) is 2.03. The lowest BCUT2D eigenvalue weighted by molar-refractivity contribution is 0.0996. The van der Waals surface area contributed by atoms with Crippen molar-refractivity contribution in [2.75, 3.05) is 18.0 Å². The Balaban J connectivity index is 1.20. The van der Waals surface area contributed by atoms with Gasteiger partial charge in [0.2, 0.25) is 0 Å². The van der Waals surface area contributed by atoms with Crippen molar-refractivity contribution < 1.29 is 4.79 Å². The minimum atomic E-state index is 0.119. The van der Waals surface area contributed by atoms with Gasteiger partial charge in [0.05, 0.1) is 12.2 Å². The highest BCUT2D eigenvalue weighted by atomic mass is 16.2. The number of likely N-dealkylation sites (tertiary alicyclic amines) is 1. The van der Waals surface area contributed by atoms with Crippen LogP contribution in [0, 0.1) is 11.8 Å². The maximum absolute atomic E-state index is 13.9. The first-order valence-electron chi connectivity index (χ1n) is 14.6. The summed E-state index contributed by atoms with van der Waals surface area (Å²) >= 11 is 0. The largest absolute Gasteiger partial charge is 0.320 e. The zero-order chi connectivity index (χ0) is 25.8. The normalized spacial score (nSPS) is 22.9. The summed E-state index contributed by atoms with van der Waals surface area (Å²) < 4.78 is 2.05. The summed E-state index contributed by atoms with van der Waals surface area (Å²) in [5, 5.41) is 8.66. The number of nitrogens with zero attached hydrogens (tertiary/aromatic N) is 6. The first-order chi connectivity index (χ1) is 18.5. The van der Waals surface area contributed by atoms with Gasteiger partial charge in [0.15, 0.2) is 0 Å². The van der Waals surface area contributed by atoms with E-state index in [-0.39, 0.29) is 11.8 Å². The molecular weight excluding hydrogens is 472 g/mol. The second-order valence-electron chi connectivity index (χ2n) is 12.2. The van der Waals surface area contributed by atoms with Crippen molar-refractivity contribution in [2.24, 2.45) is 18.9 Å². The highest BCUT2D eigenvalue weighted by Gasteiger charge is 2.38. The highest BCUT2D eigenvalue weighted by molar-refractivity contribution is 6.10. The van der Waals surface area contributed by atoms with Gasteiger partial charge in [-0.1, -0.05) is 25.5 Å². The van der Waals surface area contributed by atoms with Crippen molar-refractivity contribution in [3.05, 3.63) is 70.6 Å². The number of rotatable bonds is 7. The molecule has 0 unspecified atom stereocenters. The highest BCUT2D eigenvalue weighted by Crippen LogP contribution is 2.46. The molecule has 0 bridgehead atoms. The van der Waals surface area contributed by atoms with Crippen molar-refractivity contribution in [2.45, 2.75) is 76.8 Å². The van der Waals surface area contributed by atoms with Gasteiger partial charge in [-0.2, -0.15) is 0 Å². The van der Waals surface area contributed by atoms with E-state index in [0.717, 1.165) is 53.9 Å². The fourth-order valence-electron chi connectivity index (χ4n) is 6.89. The van der Waals surface area contributed by atoms with Crippen LogP contribution < -0.4 is 4.90 Å². The molecule has 4 aliphatic rings. The van der Waals surface area contributed by atoms with Crippen molar-refractivity contribution in [1.82, 2.24) is 24.6 Å². The lowest BCUT2D eigenvalue weighted by Crippen LogP contribution is -2.34. The minimum Gasteiger partial charge on any atom is -0.320 e. The van der Waals surface area contributed by atoms with Gasteiger partial charge in [0.1, 0.15) is 12.2 Å². The molecule has 2 aliphatic carbocycles. The molecule has 4 heterocycles. The van der Waals surface area contributed by atoms with Crippen LogP contribution in [0.4, 0.5) is 5.69 Å². The van der Waals surface area contributed by atoms with Gasteiger partial charge in [0, 0.05) is 54.5 Å². The van der Waals surface area contributed by atoms with Crippen molar-refractivity contribution in [3.8, 4) is 0 Å². The fourth-order valence-corrected chi connectivity index (χ4v) is 6.89. The maximum atomic E-state index is 13.9. The molecule has 1 saturated heterocycles. The van der Waals surface area contributed by atoms with Gasteiger partial charge in [-0.25, -0.2) is 0 Å². The third kappa shape index (κ3) is 4.35. The number of hydrogen-bond donors (Lipinski definition) is 0. The standard InChI is InChI=1S/C31H38N6O/c1-20-6-5-13-36(16-20)17-24-15-26-27(29(33-24)22-11-12-22)18-37(31(26)38)25-10-4-9-23(14-25)28(21-7-3-8-21)30-34-32-19-35(30)2/h4,9-10,14-15,19-22,28H,3,5-8,11-13,16-18H2,1-2H3/t20-,28-/m0/s1. The summed E-state index contributed by atoms with van der Waals surface area (Å²) in [6, 6.07) is 10.7. The Morgan fingerprint density at radius 3 is 2.66 bits per heavy atom. The van der Waals surface area contributed by atoms with Crippen molar-refractivity contribution in [3.63, 3.8) is 0 Å². The Kier molecular flexibility index (Phi) is 6.07. The number of carbonyl (C=O) groups excluding carboxylic acids is 1. The Hall–Kier alpha value is -3.06. The number of fused-ring (bicyclic) bond motifs is 1. The maximum Gasteiger partial charge on any atom is 0.259 e. The van der Waals surface area contributed by atoms with Crippen LogP contribution in [0.1, 0.15) is 102 Å². The number of benzene rings is 1. The number of carbonyl (C=O) groups is 1. The smallest absolute Gasteiger partial charge is 0.259 e. The molecule has 38 heavy (non-hydrogen) atoms. The molecule has 7 nitrogen and oxygen atoms in total. The van der Waals surface area contributed by atoms with E-state index in [9.17, 15) is 4.79 Å². The van der Waals surface area contributed by atoms with E-state index in [1.165, 1.54) is 56.2 Å². The predicted octanol–water partition coefficient (Wildman–Crippen LogP) is 5.41. The number of anilines is 1. The summed E-state index contributed by atoms with van der Waals surface area (Å²) in [6.07, 6.45) is 10.4. The van der Waals surface area contributed by atoms with Gasteiger partial charge in [0.25, 0.3) is 5.91 Å². The summed E-state index contributed by atoms with van der Waals surface area (Å²) in [5.41, 5.74) is 6.48. The van der Waals surface area contributed by atoms with Crippen LogP contribution in [0.3, 0.4) is 0 Å². The number of pyridine rings is 1. The van der Waals surface area contributed by atoms with Crippen LogP contribution in [0.25, 0.3) is 0 Å². The Morgan fingerprint density at radius 1 is 1.08 bits per heavy atom. The van der Waals surface area contributed by atoms with Crippen LogP contribution in [-0.4, -0.2) is 43.6 Å². The third-order valence-electron chi connectivity index (χ3n) is 9.28. The minimum absolute atomic E-state index is 0.119. The van der Waals surface area contributed by atoms with Gasteiger partial charge in [-0.15, -0.1) is 10.2 Å². The van der Waals surface area contributed by atoms with Crippen molar-refractivity contribution in [1.29, 1.82) is 0 Å². The molecule has 2 saturated carbocycles. The van der Waals surface area contributed by atoms with E-state index in [0.29, 0.717) is 18.4 Å². The monoisotopic (exact) mass is 510 g/mol. The quantitative estimate of drug-likeness (QED) is 0.425. The van der Waals surface area contributed by atoms with Gasteiger partial charge in [-0.3, -0.25) is 14.7 Å². The van der Waals surface area contributed by atoms with E-state index in [4.69, 9.17) is 4.98 Å². The zero-order valence-electron chi connectivity index (χ0n) is 22.6. The lowest BCUT2D eigenvalue weighted by Gasteiger charge is -2.33. The average molecular weight is 511 g/mol. The molecule has 1 amide bonds. The van der Waals surface area contributed by atoms with Crippen LogP contribution in [0.5, 0.6) is 0 Å². The number of aryl methyl sites for hydroxylation is 1. The topological polar surface area (TPSA) is 67.2 Å². The number of amides is 1. The van der Waals surface area contributed by atoms with Crippen LogP contribution in [0.15, 0.2) is 36.7 Å². The Bertz CT molecular complexity index is 1360. The second kappa shape index (κ2) is 9.60. The SMILES string of the molecule is C[C@H]1CCCN(Cc2cc3c(c(C4CC4)n2)CN(c2cccc([C@@H](c4nncn4C)C4CCC4)c2)C3=O)C1. The molecule has 0 N–H and O–H groups in total. The number of piperidine rings is 1. The molecule has 2 atom stereocenters. The lowest BCUT2D eigenvalue weighted by atomic mass is 9.72. The molecule has 0 spiro atoms. The van der Waals surface area contributed by atoms with Crippen LogP contribution in [-0.2, 0) is 20.1 Å². The van der Waals surface area contributed by atoms with E-state index in [2.05, 4.69) is 52.4 Å². The van der Waals surface area contributed by atoms with Gasteiger partial charge in [-0.05, 0) is 80.7 Å². The predicted molar refractivity (Wildman–Crippen MR) is 147 cm³/mol. The summed E-state index contributed by atoms with van der Waals surface area (Å²) in [6.45, 7) is 6.06. The van der Waals surface area contributed by atoms with Crippen LogP contribution >= 0.6 is 0 Å². The van der Waals surface area contributed by atoms with E-state index in [1.54, 1.807) is 6.33 Å². The third-order valence-corrected chi connectivity index (χ3v) is 9.28. The fraction of sp³-hybridized carbons (Fsp3) is 0.548. The average Bonchev–Trinajstić information content (AvgIpc) is 3.57. The van der Waals surface area contributed by atoms with E-state index >= 15 is 0 Å². The molecular formula is C31H38N6O. The van der Waals surface area contributed by atoms with Gasteiger partial charge < -0.3 is 9.47 Å². The molecule has 7 rings (SSSR count). The zero-order valence-corrected chi connectivity index (χ0v) is 22.6. The molecule has 3 fully saturated rings. The van der Waals surface area contributed by atoms with Gasteiger partial charge >= 0.3 is 0 Å². The second-order valence-corrected chi connectivity index (χ2v) is 12.2. The molecule has 2 aromatic heterocycles. The number of hydrogen-bond acceptors (Lipinski definition) is 5. The molecule has 7 heteroatoms. The molecule has 3 aromatic rings. The molecule has 1 aromatic carbocycles. The molecule has 2 aliphatic heterocycles. The van der Waals surface area contributed by atoms with E-state index < -0.39 is 0 Å². The number of aromatic nitrogens is 4.